The van der Waals surface area contributed by atoms with Gasteiger partial charge in [0.25, 0.3) is 0 Å². The van der Waals surface area contributed by atoms with Crippen LogP contribution in [0.4, 0.5) is 5.69 Å². The Morgan fingerprint density at radius 3 is 2.52 bits per heavy atom. The molecule has 0 bridgehead atoms. The number of hydrogen-bond acceptors (Lipinski definition) is 4. The van der Waals surface area contributed by atoms with Crippen molar-refractivity contribution in [2.75, 3.05) is 5.32 Å². The molecule has 4 rings (SSSR count). The van der Waals surface area contributed by atoms with Crippen LogP contribution in [0.5, 0.6) is 0 Å². The van der Waals surface area contributed by atoms with E-state index in [4.69, 9.17) is 20.4 Å². The zero-order valence-electron chi connectivity index (χ0n) is 14.7. The molecule has 2 heterocycles. The van der Waals surface area contributed by atoms with E-state index >= 15 is 0 Å². The molecule has 0 aliphatic heterocycles. The lowest BCUT2D eigenvalue weighted by atomic mass is 10.1. The largest absolute Gasteiger partial charge is 0.454 e. The summed E-state index contributed by atoms with van der Waals surface area (Å²) >= 11 is 6.14. The number of fused-ring (bicyclic) bond motifs is 2. The Hall–Kier alpha value is -3.05. The van der Waals surface area contributed by atoms with Crippen molar-refractivity contribution in [1.29, 1.82) is 0 Å². The lowest BCUT2D eigenvalue weighted by Crippen LogP contribution is -2.18. The van der Waals surface area contributed by atoms with Gasteiger partial charge in [-0.25, -0.2) is 4.79 Å². The standard InChI is InChI=1S/C21H16ClNO4/c1-11(2)21(25)23-19-13-5-3-4-6-16(13)27-20(19)15-10-18(24)26-17-8-7-12(22)9-14(15)17/h3-11H,1-2H3,(H,23,25). The summed E-state index contributed by atoms with van der Waals surface area (Å²) in [7, 11) is 0. The highest BCUT2D eigenvalue weighted by molar-refractivity contribution is 6.31. The number of amides is 1. The van der Waals surface area contributed by atoms with Gasteiger partial charge in [-0.3, -0.25) is 4.79 Å². The molecule has 0 spiro atoms. The second-order valence-corrected chi connectivity index (χ2v) is 7.00. The maximum absolute atomic E-state index is 12.4. The molecule has 27 heavy (non-hydrogen) atoms. The van der Waals surface area contributed by atoms with Gasteiger partial charge in [0.15, 0.2) is 5.76 Å². The molecule has 2 aromatic heterocycles. The Balaban J connectivity index is 2.05. The van der Waals surface area contributed by atoms with Crippen LogP contribution in [0.2, 0.25) is 5.02 Å². The predicted octanol–water partition coefficient (Wildman–Crippen LogP) is 5.45. The van der Waals surface area contributed by atoms with Gasteiger partial charge >= 0.3 is 5.63 Å². The van der Waals surface area contributed by atoms with E-state index in [-0.39, 0.29) is 11.8 Å². The first-order valence-electron chi connectivity index (χ1n) is 8.50. The van der Waals surface area contributed by atoms with Gasteiger partial charge in [-0.05, 0) is 30.3 Å². The number of carbonyl (C=O) groups is 1. The van der Waals surface area contributed by atoms with Crippen LogP contribution in [0, 0.1) is 5.92 Å². The molecule has 0 aliphatic rings. The van der Waals surface area contributed by atoms with Crippen LogP contribution in [0.1, 0.15) is 13.8 Å². The van der Waals surface area contributed by atoms with Crippen molar-refractivity contribution >= 4 is 45.1 Å². The summed E-state index contributed by atoms with van der Waals surface area (Å²) in [5, 5.41) is 4.81. The highest BCUT2D eigenvalue weighted by Crippen LogP contribution is 2.40. The normalized spacial score (nSPS) is 11.4. The summed E-state index contributed by atoms with van der Waals surface area (Å²) in [6.07, 6.45) is 0. The van der Waals surface area contributed by atoms with Crippen molar-refractivity contribution in [3.63, 3.8) is 0 Å². The van der Waals surface area contributed by atoms with Crippen molar-refractivity contribution < 1.29 is 13.6 Å². The molecule has 0 fully saturated rings. The Morgan fingerprint density at radius 1 is 1.00 bits per heavy atom. The van der Waals surface area contributed by atoms with E-state index in [0.29, 0.717) is 38.6 Å². The maximum Gasteiger partial charge on any atom is 0.336 e. The number of hydrogen-bond donors (Lipinski definition) is 1. The molecule has 0 unspecified atom stereocenters. The van der Waals surface area contributed by atoms with E-state index < -0.39 is 5.63 Å². The van der Waals surface area contributed by atoms with Crippen LogP contribution in [0.3, 0.4) is 0 Å². The number of benzene rings is 2. The third-order valence-corrected chi connectivity index (χ3v) is 4.55. The van der Waals surface area contributed by atoms with Crippen molar-refractivity contribution in [1.82, 2.24) is 0 Å². The highest BCUT2D eigenvalue weighted by Gasteiger charge is 2.21. The summed E-state index contributed by atoms with van der Waals surface area (Å²) in [5.74, 6) is 0.0389. The highest BCUT2D eigenvalue weighted by atomic mass is 35.5. The van der Waals surface area contributed by atoms with Crippen LogP contribution in [-0.2, 0) is 4.79 Å². The van der Waals surface area contributed by atoms with Gasteiger partial charge in [-0.2, -0.15) is 0 Å². The van der Waals surface area contributed by atoms with E-state index in [9.17, 15) is 9.59 Å². The van der Waals surface area contributed by atoms with Gasteiger partial charge in [0, 0.05) is 33.3 Å². The molecule has 6 heteroatoms. The van der Waals surface area contributed by atoms with Gasteiger partial charge in [-0.15, -0.1) is 0 Å². The number of furan rings is 1. The minimum Gasteiger partial charge on any atom is -0.454 e. The van der Waals surface area contributed by atoms with E-state index in [0.717, 1.165) is 5.39 Å². The number of carbonyl (C=O) groups excluding carboxylic acids is 1. The fourth-order valence-electron chi connectivity index (χ4n) is 2.95. The maximum atomic E-state index is 12.4. The molecular weight excluding hydrogens is 366 g/mol. The summed E-state index contributed by atoms with van der Waals surface area (Å²) in [6.45, 7) is 3.62. The molecule has 0 radical (unpaired) electrons. The zero-order chi connectivity index (χ0) is 19.1. The van der Waals surface area contributed by atoms with Crippen LogP contribution >= 0.6 is 11.6 Å². The topological polar surface area (TPSA) is 72.5 Å². The molecule has 136 valence electrons. The average Bonchev–Trinajstić information content (AvgIpc) is 3.00. The molecule has 1 amide bonds. The summed E-state index contributed by atoms with van der Waals surface area (Å²) in [6, 6.07) is 13.7. The van der Waals surface area contributed by atoms with Crippen LogP contribution in [0.15, 0.2) is 62.2 Å². The molecule has 2 aromatic carbocycles. The summed E-state index contributed by atoms with van der Waals surface area (Å²) in [5.41, 5.74) is 1.52. The second kappa shape index (κ2) is 6.59. The summed E-state index contributed by atoms with van der Waals surface area (Å²) < 4.78 is 11.3. The average molecular weight is 382 g/mol. The van der Waals surface area contributed by atoms with Gasteiger partial charge in [0.2, 0.25) is 5.91 Å². The van der Waals surface area contributed by atoms with Gasteiger partial charge in [-0.1, -0.05) is 37.6 Å². The van der Waals surface area contributed by atoms with E-state index in [1.54, 1.807) is 18.2 Å². The molecule has 0 saturated carbocycles. The first kappa shape index (κ1) is 17.4. The quantitative estimate of drug-likeness (QED) is 0.478. The fourth-order valence-corrected chi connectivity index (χ4v) is 3.12. The van der Waals surface area contributed by atoms with E-state index in [2.05, 4.69) is 5.32 Å². The number of anilines is 1. The first-order chi connectivity index (χ1) is 12.9. The molecule has 0 saturated heterocycles. The monoisotopic (exact) mass is 381 g/mol. The lowest BCUT2D eigenvalue weighted by molar-refractivity contribution is -0.118. The van der Waals surface area contributed by atoms with E-state index in [1.807, 2.05) is 38.1 Å². The molecule has 5 nitrogen and oxygen atoms in total. The number of rotatable bonds is 3. The third kappa shape index (κ3) is 3.11. The fraction of sp³-hybridized carbons (Fsp3) is 0.143. The van der Waals surface area contributed by atoms with Crippen molar-refractivity contribution in [3.05, 3.63) is 64.0 Å². The van der Waals surface area contributed by atoms with E-state index in [1.165, 1.54) is 6.07 Å². The van der Waals surface area contributed by atoms with Crippen molar-refractivity contribution in [3.8, 4) is 11.3 Å². The third-order valence-electron chi connectivity index (χ3n) is 4.32. The Labute approximate surface area is 159 Å². The minimum absolute atomic E-state index is 0.145. The molecule has 0 atom stereocenters. The minimum atomic E-state index is -0.513. The van der Waals surface area contributed by atoms with Crippen LogP contribution in [0.25, 0.3) is 33.3 Å². The van der Waals surface area contributed by atoms with Crippen LogP contribution < -0.4 is 10.9 Å². The predicted molar refractivity (Wildman–Crippen MR) is 106 cm³/mol. The molecule has 1 N–H and O–H groups in total. The van der Waals surface area contributed by atoms with Gasteiger partial charge < -0.3 is 14.2 Å². The van der Waals surface area contributed by atoms with Crippen molar-refractivity contribution in [2.24, 2.45) is 5.92 Å². The second-order valence-electron chi connectivity index (χ2n) is 6.57. The number of nitrogens with one attached hydrogen (secondary N) is 1. The number of halogens is 1. The van der Waals surface area contributed by atoms with Gasteiger partial charge in [0.1, 0.15) is 11.2 Å². The molecule has 4 aromatic rings. The van der Waals surface area contributed by atoms with Crippen molar-refractivity contribution in [2.45, 2.75) is 13.8 Å². The van der Waals surface area contributed by atoms with Crippen LogP contribution in [-0.4, -0.2) is 5.91 Å². The zero-order valence-corrected chi connectivity index (χ0v) is 15.5. The molecular formula is C21H16ClNO4. The lowest BCUT2D eigenvalue weighted by Gasteiger charge is -2.10. The molecule has 0 aliphatic carbocycles. The Bertz CT molecular complexity index is 1240. The SMILES string of the molecule is CC(C)C(=O)Nc1c(-c2cc(=O)oc3ccc(Cl)cc23)oc2ccccc12. The smallest absolute Gasteiger partial charge is 0.336 e. The number of para-hydroxylation sites is 1. The Morgan fingerprint density at radius 2 is 1.74 bits per heavy atom. The van der Waals surface area contributed by atoms with Gasteiger partial charge in [0.05, 0.1) is 5.69 Å². The first-order valence-corrected chi connectivity index (χ1v) is 8.88. The summed E-state index contributed by atoms with van der Waals surface area (Å²) in [4.78, 5) is 24.5. The Kier molecular flexibility index (Phi) is 4.24.